The van der Waals surface area contributed by atoms with E-state index in [0.717, 1.165) is 6.54 Å². The van der Waals surface area contributed by atoms with E-state index in [2.05, 4.69) is 72.5 Å². The van der Waals surface area contributed by atoms with Gasteiger partial charge in [0, 0.05) is 12.5 Å². The van der Waals surface area contributed by atoms with Gasteiger partial charge in [-0.1, -0.05) is 67.6 Å². The van der Waals surface area contributed by atoms with Gasteiger partial charge >= 0.3 is 0 Å². The maximum absolute atomic E-state index is 2.58. The molecule has 1 aliphatic rings. The van der Waals surface area contributed by atoms with Gasteiger partial charge in [0.05, 0.1) is 0 Å². The second-order valence-electron chi connectivity index (χ2n) is 5.72. The first-order chi connectivity index (χ1) is 9.88. The van der Waals surface area contributed by atoms with Gasteiger partial charge in [-0.3, -0.25) is 0 Å². The number of hydrogen-bond acceptors (Lipinski definition) is 1. The molecule has 1 saturated heterocycles. The molecule has 2 aromatic carbocycles. The number of hydrogen-bond donors (Lipinski definition) is 0. The van der Waals surface area contributed by atoms with E-state index in [1.165, 1.54) is 30.6 Å². The molecule has 1 nitrogen and oxygen atoms in total. The number of rotatable bonds is 3. The Balaban J connectivity index is 1.91. The van der Waals surface area contributed by atoms with Crippen molar-refractivity contribution in [3.8, 4) is 0 Å². The lowest BCUT2D eigenvalue weighted by Gasteiger charge is -2.39. The predicted molar refractivity (Wildman–Crippen MR) is 85.1 cm³/mol. The fourth-order valence-electron chi connectivity index (χ4n) is 3.44. The van der Waals surface area contributed by atoms with Crippen LogP contribution in [0, 0.1) is 0 Å². The molecular formula is C19H23N. The normalized spacial score (nSPS) is 23.6. The molecule has 20 heavy (non-hydrogen) atoms. The topological polar surface area (TPSA) is 3.24 Å². The van der Waals surface area contributed by atoms with Gasteiger partial charge in [-0.2, -0.15) is 0 Å². The van der Waals surface area contributed by atoms with Gasteiger partial charge in [-0.25, -0.2) is 0 Å². The van der Waals surface area contributed by atoms with E-state index in [1.54, 1.807) is 0 Å². The summed E-state index contributed by atoms with van der Waals surface area (Å²) in [5, 5.41) is 0. The lowest BCUT2D eigenvalue weighted by Crippen LogP contribution is -2.38. The van der Waals surface area contributed by atoms with Crippen LogP contribution in [0.25, 0.3) is 0 Å². The van der Waals surface area contributed by atoms with E-state index in [4.69, 9.17) is 0 Å². The Morgan fingerprint density at radius 2 is 1.40 bits per heavy atom. The molecule has 0 radical (unpaired) electrons. The summed E-state index contributed by atoms with van der Waals surface area (Å²) in [5.74, 6) is 1.27. The zero-order chi connectivity index (χ0) is 13.8. The van der Waals surface area contributed by atoms with Crippen molar-refractivity contribution >= 4 is 0 Å². The van der Waals surface area contributed by atoms with Crippen LogP contribution in [0.4, 0.5) is 0 Å². The van der Waals surface area contributed by atoms with Crippen molar-refractivity contribution in [1.29, 1.82) is 0 Å². The van der Waals surface area contributed by atoms with E-state index in [1.807, 2.05) is 0 Å². The Labute approximate surface area is 122 Å². The van der Waals surface area contributed by atoms with Crippen molar-refractivity contribution in [2.24, 2.45) is 0 Å². The van der Waals surface area contributed by atoms with Crippen LogP contribution in [0.1, 0.15) is 36.3 Å². The average Bonchev–Trinajstić information content (AvgIpc) is 2.56. The highest BCUT2D eigenvalue weighted by Crippen LogP contribution is 2.39. The van der Waals surface area contributed by atoms with Crippen molar-refractivity contribution in [2.75, 3.05) is 19.6 Å². The monoisotopic (exact) mass is 265 g/mol. The Hall–Kier alpha value is -1.60. The number of nitrogens with zero attached hydrogens (tertiary/aromatic N) is 1. The van der Waals surface area contributed by atoms with E-state index >= 15 is 0 Å². The molecule has 2 aromatic rings. The molecule has 1 heterocycles. The summed E-state index contributed by atoms with van der Waals surface area (Å²) in [6.07, 6.45) is 1.26. The number of piperidine rings is 1. The quantitative estimate of drug-likeness (QED) is 0.800. The molecule has 0 spiro atoms. The first kappa shape index (κ1) is 13.4. The standard InChI is InChI=1S/C19H23N/c1-2-20-14-13-18(16-9-5-3-6-10-16)19(15-20)17-11-7-4-8-12-17/h3-12,18-19H,2,13-15H2,1H3. The minimum Gasteiger partial charge on any atom is -0.303 e. The van der Waals surface area contributed by atoms with Gasteiger partial charge in [-0.15, -0.1) is 0 Å². The zero-order valence-electron chi connectivity index (χ0n) is 12.2. The molecule has 0 N–H and O–H groups in total. The summed E-state index contributed by atoms with van der Waals surface area (Å²) in [7, 11) is 0. The largest absolute Gasteiger partial charge is 0.303 e. The van der Waals surface area contributed by atoms with Gasteiger partial charge in [-0.05, 0) is 36.6 Å². The summed E-state index contributed by atoms with van der Waals surface area (Å²) in [5.41, 5.74) is 2.98. The highest BCUT2D eigenvalue weighted by molar-refractivity contribution is 5.30. The molecule has 0 bridgehead atoms. The van der Waals surface area contributed by atoms with Gasteiger partial charge in [0.1, 0.15) is 0 Å². The summed E-state index contributed by atoms with van der Waals surface area (Å²) in [6.45, 7) is 5.83. The van der Waals surface area contributed by atoms with Crippen LogP contribution in [0.3, 0.4) is 0 Å². The molecule has 2 atom stereocenters. The van der Waals surface area contributed by atoms with Crippen molar-refractivity contribution in [1.82, 2.24) is 4.90 Å². The average molecular weight is 265 g/mol. The fraction of sp³-hybridized carbons (Fsp3) is 0.368. The molecule has 2 unspecified atom stereocenters. The molecule has 1 fully saturated rings. The van der Waals surface area contributed by atoms with Crippen molar-refractivity contribution in [3.63, 3.8) is 0 Å². The van der Waals surface area contributed by atoms with Crippen LogP contribution in [0.5, 0.6) is 0 Å². The fourth-order valence-corrected chi connectivity index (χ4v) is 3.44. The minimum absolute atomic E-state index is 0.618. The van der Waals surface area contributed by atoms with Crippen molar-refractivity contribution in [3.05, 3.63) is 71.8 Å². The van der Waals surface area contributed by atoms with Gasteiger partial charge in [0.2, 0.25) is 0 Å². The van der Waals surface area contributed by atoms with E-state index < -0.39 is 0 Å². The zero-order valence-corrected chi connectivity index (χ0v) is 12.2. The maximum Gasteiger partial charge on any atom is 0.00561 e. The van der Waals surface area contributed by atoms with E-state index in [9.17, 15) is 0 Å². The third-order valence-electron chi connectivity index (χ3n) is 4.60. The van der Waals surface area contributed by atoms with Crippen LogP contribution < -0.4 is 0 Å². The highest BCUT2D eigenvalue weighted by atomic mass is 15.1. The second-order valence-corrected chi connectivity index (χ2v) is 5.72. The van der Waals surface area contributed by atoms with Crippen molar-refractivity contribution < 1.29 is 0 Å². The van der Waals surface area contributed by atoms with E-state index in [-0.39, 0.29) is 0 Å². The van der Waals surface area contributed by atoms with E-state index in [0.29, 0.717) is 11.8 Å². The van der Waals surface area contributed by atoms with Crippen molar-refractivity contribution in [2.45, 2.75) is 25.2 Å². The minimum atomic E-state index is 0.618. The van der Waals surface area contributed by atoms with Gasteiger partial charge < -0.3 is 4.90 Å². The van der Waals surface area contributed by atoms with Crippen LogP contribution in [0.15, 0.2) is 60.7 Å². The summed E-state index contributed by atoms with van der Waals surface area (Å²) in [4.78, 5) is 2.58. The Bertz CT molecular complexity index is 520. The molecule has 0 aromatic heterocycles. The molecule has 0 saturated carbocycles. The van der Waals surface area contributed by atoms with Crippen LogP contribution >= 0.6 is 0 Å². The van der Waals surface area contributed by atoms with Crippen LogP contribution in [-0.2, 0) is 0 Å². The summed E-state index contributed by atoms with van der Waals surface area (Å²) in [6, 6.07) is 22.1. The molecule has 1 aliphatic heterocycles. The first-order valence-electron chi connectivity index (χ1n) is 7.70. The summed E-state index contributed by atoms with van der Waals surface area (Å²) < 4.78 is 0. The Morgan fingerprint density at radius 3 is 1.95 bits per heavy atom. The molecule has 0 aliphatic carbocycles. The first-order valence-corrected chi connectivity index (χ1v) is 7.70. The Kier molecular flexibility index (Phi) is 4.17. The second kappa shape index (κ2) is 6.23. The van der Waals surface area contributed by atoms with Crippen LogP contribution in [0.2, 0.25) is 0 Å². The highest BCUT2D eigenvalue weighted by Gasteiger charge is 2.30. The van der Waals surface area contributed by atoms with Gasteiger partial charge in [0.15, 0.2) is 0 Å². The Morgan fingerprint density at radius 1 is 0.850 bits per heavy atom. The number of benzene rings is 2. The lowest BCUT2D eigenvalue weighted by atomic mass is 9.77. The smallest absolute Gasteiger partial charge is 0.00561 e. The number of likely N-dealkylation sites (tertiary alicyclic amines) is 1. The lowest BCUT2D eigenvalue weighted by molar-refractivity contribution is 0.198. The van der Waals surface area contributed by atoms with Crippen LogP contribution in [-0.4, -0.2) is 24.5 Å². The number of likely N-dealkylation sites (N-methyl/N-ethyl adjacent to an activating group) is 1. The molecular weight excluding hydrogens is 242 g/mol. The molecule has 3 rings (SSSR count). The molecule has 1 heteroatoms. The molecule has 0 amide bonds. The predicted octanol–water partition coefficient (Wildman–Crippen LogP) is 4.28. The SMILES string of the molecule is CCN1CCC(c2ccccc2)C(c2ccccc2)C1. The summed E-state index contributed by atoms with van der Waals surface area (Å²) >= 11 is 0. The third-order valence-corrected chi connectivity index (χ3v) is 4.60. The molecule has 104 valence electrons. The third kappa shape index (κ3) is 2.78. The van der Waals surface area contributed by atoms with Gasteiger partial charge in [0.25, 0.3) is 0 Å². The maximum atomic E-state index is 2.58.